The average molecular weight is 327 g/mol. The van der Waals surface area contributed by atoms with Crippen molar-refractivity contribution in [2.24, 2.45) is 5.84 Å². The number of rotatable bonds is 6. The lowest BCUT2D eigenvalue weighted by Gasteiger charge is -2.17. The molecule has 106 valence electrons. The molecule has 0 radical (unpaired) electrons. The minimum absolute atomic E-state index is 0.109. The van der Waals surface area contributed by atoms with Crippen LogP contribution in [-0.4, -0.2) is 11.8 Å². The first-order valence-corrected chi connectivity index (χ1v) is 8.01. The Balaban J connectivity index is 1.99. The van der Waals surface area contributed by atoms with Crippen LogP contribution < -0.4 is 11.3 Å². The van der Waals surface area contributed by atoms with Gasteiger partial charge in [0, 0.05) is 26.7 Å². The van der Waals surface area contributed by atoms with Crippen LogP contribution in [0.4, 0.5) is 0 Å². The molecular weight excluding hydrogens is 311 g/mol. The standard InChI is InChI=1S/C15H16Cl2N2S/c16-14-7-4-8-15(17)13(14)9-11(19-18)10-20-12-5-2-1-3-6-12/h1-8,11,19H,9-10,18H2. The van der Waals surface area contributed by atoms with Crippen molar-refractivity contribution in [1.29, 1.82) is 0 Å². The predicted octanol–water partition coefficient (Wildman–Crippen LogP) is 4.16. The van der Waals surface area contributed by atoms with E-state index in [1.54, 1.807) is 11.8 Å². The van der Waals surface area contributed by atoms with E-state index >= 15 is 0 Å². The van der Waals surface area contributed by atoms with E-state index in [2.05, 4.69) is 17.6 Å². The van der Waals surface area contributed by atoms with Gasteiger partial charge < -0.3 is 0 Å². The third-order valence-electron chi connectivity index (χ3n) is 2.94. The predicted molar refractivity (Wildman–Crippen MR) is 88.4 cm³/mol. The van der Waals surface area contributed by atoms with Gasteiger partial charge in [0.1, 0.15) is 0 Å². The lowest BCUT2D eigenvalue weighted by molar-refractivity contribution is 0.575. The summed E-state index contributed by atoms with van der Waals surface area (Å²) in [7, 11) is 0. The number of nitrogens with one attached hydrogen (secondary N) is 1. The Kier molecular flexibility index (Phi) is 6.20. The van der Waals surface area contributed by atoms with Gasteiger partial charge in [-0.15, -0.1) is 11.8 Å². The Morgan fingerprint density at radius 1 is 1.00 bits per heavy atom. The Morgan fingerprint density at radius 2 is 1.65 bits per heavy atom. The van der Waals surface area contributed by atoms with E-state index in [0.29, 0.717) is 16.5 Å². The maximum atomic E-state index is 6.19. The number of nitrogens with two attached hydrogens (primary N) is 1. The molecule has 2 rings (SSSR count). The zero-order valence-corrected chi connectivity index (χ0v) is 13.2. The monoisotopic (exact) mass is 326 g/mol. The summed E-state index contributed by atoms with van der Waals surface area (Å²) in [5.41, 5.74) is 3.77. The molecule has 0 saturated carbocycles. The fourth-order valence-corrected chi connectivity index (χ4v) is 3.36. The van der Waals surface area contributed by atoms with Crippen molar-refractivity contribution in [3.8, 4) is 0 Å². The molecule has 20 heavy (non-hydrogen) atoms. The van der Waals surface area contributed by atoms with Gasteiger partial charge >= 0.3 is 0 Å². The summed E-state index contributed by atoms with van der Waals surface area (Å²) in [4.78, 5) is 1.22. The van der Waals surface area contributed by atoms with Crippen LogP contribution in [0.3, 0.4) is 0 Å². The lowest BCUT2D eigenvalue weighted by atomic mass is 10.1. The number of benzene rings is 2. The van der Waals surface area contributed by atoms with E-state index in [1.807, 2.05) is 36.4 Å². The Bertz CT molecular complexity index is 529. The maximum absolute atomic E-state index is 6.19. The van der Waals surface area contributed by atoms with E-state index in [4.69, 9.17) is 29.0 Å². The molecule has 0 aliphatic rings. The molecule has 2 aromatic rings. The molecule has 5 heteroatoms. The average Bonchev–Trinajstić information content (AvgIpc) is 2.47. The van der Waals surface area contributed by atoms with E-state index in [9.17, 15) is 0 Å². The zero-order valence-electron chi connectivity index (χ0n) is 10.9. The first-order valence-electron chi connectivity index (χ1n) is 6.27. The topological polar surface area (TPSA) is 38.0 Å². The highest BCUT2D eigenvalue weighted by molar-refractivity contribution is 7.99. The molecule has 0 aliphatic carbocycles. The molecule has 0 heterocycles. The normalized spacial score (nSPS) is 12.3. The Hall–Kier alpha value is -0.710. The summed E-state index contributed by atoms with van der Waals surface area (Å²) in [6.07, 6.45) is 0.703. The SMILES string of the molecule is NNC(CSc1ccccc1)Cc1c(Cl)cccc1Cl. The molecule has 0 amide bonds. The maximum Gasteiger partial charge on any atom is 0.0453 e. The van der Waals surface area contributed by atoms with Crippen LogP contribution >= 0.6 is 35.0 Å². The lowest BCUT2D eigenvalue weighted by Crippen LogP contribution is -2.38. The van der Waals surface area contributed by atoms with Gasteiger partial charge in [0.2, 0.25) is 0 Å². The summed E-state index contributed by atoms with van der Waals surface area (Å²) in [5.74, 6) is 6.48. The number of halogens is 2. The highest BCUT2D eigenvalue weighted by Gasteiger charge is 2.13. The molecule has 3 N–H and O–H groups in total. The highest BCUT2D eigenvalue weighted by atomic mass is 35.5. The van der Waals surface area contributed by atoms with Gasteiger partial charge in [0.05, 0.1) is 0 Å². The second-order valence-electron chi connectivity index (χ2n) is 4.39. The fourth-order valence-electron chi connectivity index (χ4n) is 1.85. The van der Waals surface area contributed by atoms with Crippen LogP contribution in [0.2, 0.25) is 10.0 Å². The molecule has 0 aliphatic heterocycles. The quantitative estimate of drug-likeness (QED) is 0.475. The molecule has 0 saturated heterocycles. The van der Waals surface area contributed by atoms with Crippen LogP contribution in [0.1, 0.15) is 5.56 Å². The van der Waals surface area contributed by atoms with Gasteiger partial charge in [0.15, 0.2) is 0 Å². The van der Waals surface area contributed by atoms with E-state index < -0.39 is 0 Å². The molecule has 1 atom stereocenters. The molecule has 0 bridgehead atoms. The van der Waals surface area contributed by atoms with Gasteiger partial charge in [-0.1, -0.05) is 47.5 Å². The highest BCUT2D eigenvalue weighted by Crippen LogP contribution is 2.27. The number of hydrogen-bond acceptors (Lipinski definition) is 3. The van der Waals surface area contributed by atoms with Gasteiger partial charge in [-0.25, -0.2) is 0 Å². The van der Waals surface area contributed by atoms with Gasteiger partial charge in [0.25, 0.3) is 0 Å². The van der Waals surface area contributed by atoms with Gasteiger partial charge in [-0.3, -0.25) is 11.3 Å². The van der Waals surface area contributed by atoms with Crippen LogP contribution in [-0.2, 0) is 6.42 Å². The first-order chi connectivity index (χ1) is 9.70. The van der Waals surface area contributed by atoms with Crippen LogP contribution in [0.5, 0.6) is 0 Å². The third kappa shape index (κ3) is 4.40. The van der Waals surface area contributed by atoms with Crippen molar-refractivity contribution < 1.29 is 0 Å². The summed E-state index contributed by atoms with van der Waals surface area (Å²) in [5, 5.41) is 1.37. The Labute approximate surface area is 133 Å². The molecular formula is C15H16Cl2N2S. The zero-order chi connectivity index (χ0) is 14.4. The first kappa shape index (κ1) is 15.7. The molecule has 2 nitrogen and oxygen atoms in total. The second kappa shape index (κ2) is 7.91. The van der Waals surface area contributed by atoms with Gasteiger partial charge in [-0.05, 0) is 36.2 Å². The van der Waals surface area contributed by atoms with Crippen molar-refractivity contribution in [2.45, 2.75) is 17.4 Å². The number of hydrogen-bond donors (Lipinski definition) is 2. The van der Waals surface area contributed by atoms with Crippen LogP contribution in [0.15, 0.2) is 53.4 Å². The molecule has 0 fully saturated rings. The van der Waals surface area contributed by atoms with Gasteiger partial charge in [-0.2, -0.15) is 0 Å². The second-order valence-corrected chi connectivity index (χ2v) is 6.30. The van der Waals surface area contributed by atoms with E-state index in [1.165, 1.54) is 4.90 Å². The molecule has 1 unspecified atom stereocenters. The van der Waals surface area contributed by atoms with Crippen LogP contribution in [0.25, 0.3) is 0 Å². The minimum Gasteiger partial charge on any atom is -0.271 e. The third-order valence-corrected chi connectivity index (χ3v) is 4.83. The Morgan fingerprint density at radius 3 is 2.25 bits per heavy atom. The molecule has 2 aromatic carbocycles. The summed E-state index contributed by atoms with van der Waals surface area (Å²) in [6, 6.07) is 15.9. The number of hydrazine groups is 1. The van der Waals surface area contributed by atoms with E-state index in [0.717, 1.165) is 11.3 Å². The summed E-state index contributed by atoms with van der Waals surface area (Å²) in [6.45, 7) is 0. The van der Waals surface area contributed by atoms with Crippen molar-refractivity contribution >= 4 is 35.0 Å². The van der Waals surface area contributed by atoms with E-state index in [-0.39, 0.29) is 6.04 Å². The smallest absolute Gasteiger partial charge is 0.0453 e. The van der Waals surface area contributed by atoms with Crippen molar-refractivity contribution in [1.82, 2.24) is 5.43 Å². The fraction of sp³-hybridized carbons (Fsp3) is 0.200. The van der Waals surface area contributed by atoms with Crippen molar-refractivity contribution in [2.75, 3.05) is 5.75 Å². The number of thioether (sulfide) groups is 1. The molecule has 0 spiro atoms. The van der Waals surface area contributed by atoms with Crippen LogP contribution in [0, 0.1) is 0 Å². The van der Waals surface area contributed by atoms with Crippen molar-refractivity contribution in [3.63, 3.8) is 0 Å². The summed E-state index contributed by atoms with van der Waals surface area (Å²) < 4.78 is 0. The largest absolute Gasteiger partial charge is 0.271 e. The van der Waals surface area contributed by atoms with Crippen molar-refractivity contribution in [3.05, 3.63) is 64.1 Å². The summed E-state index contributed by atoms with van der Waals surface area (Å²) >= 11 is 14.1. The molecule has 0 aromatic heterocycles. The minimum atomic E-state index is 0.109.